The molecular formula is C13H12N2O4. The second-order valence-electron chi connectivity index (χ2n) is 3.65. The van der Waals surface area contributed by atoms with Gasteiger partial charge in [0.2, 0.25) is 5.88 Å². The molecular weight excluding hydrogens is 248 g/mol. The van der Waals surface area contributed by atoms with E-state index in [1.165, 1.54) is 14.2 Å². The maximum atomic E-state index is 11.3. The summed E-state index contributed by atoms with van der Waals surface area (Å²) in [6.45, 7) is 0. The average Bonchev–Trinajstić information content (AvgIpc) is 2.46. The first kappa shape index (κ1) is 12.8. The van der Waals surface area contributed by atoms with Gasteiger partial charge in [-0.1, -0.05) is 12.1 Å². The van der Waals surface area contributed by atoms with Crippen LogP contribution in [0.5, 0.6) is 11.6 Å². The molecule has 0 spiro atoms. The fraction of sp³-hybridized carbons (Fsp3) is 0.154. The van der Waals surface area contributed by atoms with Gasteiger partial charge in [-0.2, -0.15) is 0 Å². The van der Waals surface area contributed by atoms with Crippen LogP contribution in [0.3, 0.4) is 0 Å². The number of rotatable bonds is 4. The van der Waals surface area contributed by atoms with Gasteiger partial charge in [0.1, 0.15) is 11.3 Å². The molecule has 1 aromatic heterocycles. The highest BCUT2D eigenvalue weighted by atomic mass is 16.5. The monoisotopic (exact) mass is 260 g/mol. The first-order valence-electron chi connectivity index (χ1n) is 5.45. The van der Waals surface area contributed by atoms with Crippen molar-refractivity contribution in [1.29, 1.82) is 0 Å². The molecule has 0 aliphatic carbocycles. The van der Waals surface area contributed by atoms with Crippen LogP contribution in [0.25, 0.3) is 11.3 Å². The van der Waals surface area contributed by atoms with Crippen LogP contribution in [0.2, 0.25) is 0 Å². The number of nitrogens with zero attached hydrogens (tertiary/aromatic N) is 2. The predicted molar refractivity (Wildman–Crippen MR) is 67.5 cm³/mol. The Kier molecular flexibility index (Phi) is 3.61. The quantitative estimate of drug-likeness (QED) is 0.903. The van der Waals surface area contributed by atoms with Gasteiger partial charge in [0.25, 0.3) is 0 Å². The Labute approximate surface area is 109 Å². The van der Waals surface area contributed by atoms with Crippen molar-refractivity contribution >= 4 is 5.97 Å². The molecule has 0 saturated carbocycles. The summed E-state index contributed by atoms with van der Waals surface area (Å²) in [5.41, 5.74) is 0.948. The Morgan fingerprint density at radius 2 is 1.89 bits per heavy atom. The topological polar surface area (TPSA) is 81.5 Å². The van der Waals surface area contributed by atoms with E-state index < -0.39 is 5.97 Å². The second kappa shape index (κ2) is 5.34. The van der Waals surface area contributed by atoms with Gasteiger partial charge in [-0.05, 0) is 12.1 Å². The van der Waals surface area contributed by atoms with Gasteiger partial charge in [0.15, 0.2) is 0 Å². The minimum Gasteiger partial charge on any atom is -0.496 e. The first-order chi connectivity index (χ1) is 9.17. The molecule has 0 radical (unpaired) electrons. The van der Waals surface area contributed by atoms with E-state index in [0.717, 1.165) is 0 Å². The minimum absolute atomic E-state index is 0.0597. The molecule has 98 valence electrons. The number of carboxylic acids is 1. The molecule has 19 heavy (non-hydrogen) atoms. The zero-order valence-electron chi connectivity index (χ0n) is 10.5. The number of ether oxygens (including phenoxy) is 2. The highest BCUT2D eigenvalue weighted by Crippen LogP contribution is 2.29. The Morgan fingerprint density at radius 1 is 1.11 bits per heavy atom. The van der Waals surface area contributed by atoms with Crippen LogP contribution in [0, 0.1) is 0 Å². The van der Waals surface area contributed by atoms with Crippen LogP contribution in [0.4, 0.5) is 0 Å². The van der Waals surface area contributed by atoms with Crippen LogP contribution >= 0.6 is 0 Å². The summed E-state index contributed by atoms with van der Waals surface area (Å²) in [6, 6.07) is 8.21. The van der Waals surface area contributed by atoms with Crippen molar-refractivity contribution in [1.82, 2.24) is 10.2 Å². The van der Waals surface area contributed by atoms with Crippen LogP contribution in [-0.4, -0.2) is 35.5 Å². The highest BCUT2D eigenvalue weighted by molar-refractivity contribution is 5.98. The predicted octanol–water partition coefficient (Wildman–Crippen LogP) is 1.86. The van der Waals surface area contributed by atoms with Crippen molar-refractivity contribution in [3.63, 3.8) is 0 Å². The molecule has 6 nitrogen and oxygen atoms in total. The molecule has 0 fully saturated rings. The minimum atomic E-state index is -1.08. The fourth-order valence-corrected chi connectivity index (χ4v) is 1.71. The Hall–Kier alpha value is -2.63. The van der Waals surface area contributed by atoms with E-state index in [-0.39, 0.29) is 11.3 Å². The summed E-state index contributed by atoms with van der Waals surface area (Å²) < 4.78 is 9.97. The molecule has 0 saturated heterocycles. The lowest BCUT2D eigenvalue weighted by molar-refractivity contribution is 0.0694. The number of benzene rings is 1. The lowest BCUT2D eigenvalue weighted by Crippen LogP contribution is -2.04. The van der Waals surface area contributed by atoms with E-state index in [0.29, 0.717) is 17.1 Å². The average molecular weight is 260 g/mol. The molecule has 1 N–H and O–H groups in total. The highest BCUT2D eigenvalue weighted by Gasteiger charge is 2.18. The molecule has 0 aliphatic rings. The number of hydrogen-bond acceptors (Lipinski definition) is 5. The summed E-state index contributed by atoms with van der Waals surface area (Å²) >= 11 is 0. The summed E-state index contributed by atoms with van der Waals surface area (Å²) in [6.07, 6.45) is 0. The van der Waals surface area contributed by atoms with Crippen molar-refractivity contribution < 1.29 is 19.4 Å². The number of aromatic carboxylic acids is 1. The van der Waals surface area contributed by atoms with Gasteiger partial charge >= 0.3 is 5.97 Å². The van der Waals surface area contributed by atoms with E-state index >= 15 is 0 Å². The maximum Gasteiger partial charge on any atom is 0.340 e. The maximum absolute atomic E-state index is 11.3. The molecule has 0 atom stereocenters. The molecule has 0 amide bonds. The molecule has 2 aromatic rings. The zero-order chi connectivity index (χ0) is 13.8. The van der Waals surface area contributed by atoms with E-state index in [1.807, 2.05) is 0 Å². The van der Waals surface area contributed by atoms with E-state index in [9.17, 15) is 9.90 Å². The van der Waals surface area contributed by atoms with E-state index in [2.05, 4.69) is 10.2 Å². The fourth-order valence-electron chi connectivity index (χ4n) is 1.71. The molecule has 0 aliphatic heterocycles. The molecule has 1 aromatic carbocycles. The van der Waals surface area contributed by atoms with Crippen molar-refractivity contribution in [3.8, 4) is 22.9 Å². The summed E-state index contributed by atoms with van der Waals surface area (Å²) in [5, 5.41) is 17.1. The van der Waals surface area contributed by atoms with Gasteiger partial charge < -0.3 is 14.6 Å². The SMILES string of the molecule is COc1ccc(-c2cccc(OC)c2C(=O)O)nn1. The normalized spacial score (nSPS) is 10.0. The van der Waals surface area contributed by atoms with Crippen LogP contribution in [-0.2, 0) is 0 Å². The number of carboxylic acid groups (broad SMARTS) is 1. The van der Waals surface area contributed by atoms with Gasteiger partial charge in [-0.25, -0.2) is 4.79 Å². The first-order valence-corrected chi connectivity index (χ1v) is 5.45. The van der Waals surface area contributed by atoms with Crippen LogP contribution in [0.1, 0.15) is 10.4 Å². The lowest BCUT2D eigenvalue weighted by Gasteiger charge is -2.09. The van der Waals surface area contributed by atoms with E-state index in [1.54, 1.807) is 30.3 Å². The molecule has 1 heterocycles. The van der Waals surface area contributed by atoms with Crippen LogP contribution < -0.4 is 9.47 Å². The van der Waals surface area contributed by atoms with Crippen molar-refractivity contribution in [2.75, 3.05) is 14.2 Å². The second-order valence-corrected chi connectivity index (χ2v) is 3.65. The van der Waals surface area contributed by atoms with Crippen molar-refractivity contribution in [2.45, 2.75) is 0 Å². The zero-order valence-corrected chi connectivity index (χ0v) is 10.5. The molecule has 2 rings (SSSR count). The molecule has 0 unspecified atom stereocenters. The Bertz CT molecular complexity index is 596. The third-order valence-electron chi connectivity index (χ3n) is 2.59. The van der Waals surface area contributed by atoms with E-state index in [4.69, 9.17) is 9.47 Å². The smallest absolute Gasteiger partial charge is 0.340 e. The lowest BCUT2D eigenvalue weighted by atomic mass is 10.0. The third kappa shape index (κ3) is 2.47. The Balaban J connectivity index is 2.57. The number of methoxy groups -OCH3 is 2. The van der Waals surface area contributed by atoms with Crippen LogP contribution in [0.15, 0.2) is 30.3 Å². The third-order valence-corrected chi connectivity index (χ3v) is 2.59. The Morgan fingerprint density at radius 3 is 2.42 bits per heavy atom. The van der Waals surface area contributed by atoms with Gasteiger partial charge in [0, 0.05) is 11.6 Å². The number of carbonyl (C=O) groups is 1. The molecule has 6 heteroatoms. The molecule has 0 bridgehead atoms. The van der Waals surface area contributed by atoms with Crippen molar-refractivity contribution in [3.05, 3.63) is 35.9 Å². The van der Waals surface area contributed by atoms with Gasteiger partial charge in [0.05, 0.1) is 19.9 Å². The summed E-state index contributed by atoms with van der Waals surface area (Å²) in [7, 11) is 2.91. The largest absolute Gasteiger partial charge is 0.496 e. The number of hydrogen-bond donors (Lipinski definition) is 1. The summed E-state index contributed by atoms with van der Waals surface area (Å²) in [4.78, 5) is 11.3. The summed E-state index contributed by atoms with van der Waals surface area (Å²) in [5.74, 6) is -0.434. The van der Waals surface area contributed by atoms with Gasteiger partial charge in [-0.3, -0.25) is 0 Å². The standard InChI is InChI=1S/C13H12N2O4/c1-18-10-5-3-4-8(12(10)13(16)17)9-6-7-11(19-2)15-14-9/h3-7H,1-2H3,(H,16,17). The number of aromatic nitrogens is 2. The van der Waals surface area contributed by atoms with Gasteiger partial charge in [-0.15, -0.1) is 10.2 Å². The van der Waals surface area contributed by atoms with Crippen molar-refractivity contribution in [2.24, 2.45) is 0 Å².